The molecule has 0 saturated carbocycles. The number of para-hydroxylation sites is 1. The van der Waals surface area contributed by atoms with Gasteiger partial charge in [0.05, 0.1) is 4.92 Å². The Labute approximate surface area is 154 Å². The van der Waals surface area contributed by atoms with Gasteiger partial charge in [-0.1, -0.05) is 36.4 Å². The minimum Gasteiger partial charge on any atom is -0.322 e. The molecule has 7 heteroatoms. The van der Waals surface area contributed by atoms with Gasteiger partial charge in [0.1, 0.15) is 5.56 Å². The second kappa shape index (κ2) is 7.92. The monoisotopic (exact) mass is 361 g/mol. The maximum Gasteiger partial charge on any atom is 0.282 e. The second-order valence-electron chi connectivity index (χ2n) is 5.63. The van der Waals surface area contributed by atoms with E-state index in [2.05, 4.69) is 10.6 Å². The second-order valence-corrected chi connectivity index (χ2v) is 5.63. The molecule has 0 unspecified atom stereocenters. The first kappa shape index (κ1) is 17.8. The van der Waals surface area contributed by atoms with E-state index in [1.807, 2.05) is 6.07 Å². The van der Waals surface area contributed by atoms with Crippen LogP contribution in [0, 0.1) is 10.1 Å². The summed E-state index contributed by atoms with van der Waals surface area (Å²) >= 11 is 0. The van der Waals surface area contributed by atoms with Crippen LogP contribution in [0.2, 0.25) is 0 Å². The van der Waals surface area contributed by atoms with E-state index in [9.17, 15) is 19.7 Å². The molecule has 3 rings (SSSR count). The van der Waals surface area contributed by atoms with E-state index in [1.54, 1.807) is 54.6 Å². The van der Waals surface area contributed by atoms with Crippen LogP contribution in [0.1, 0.15) is 20.7 Å². The molecule has 27 heavy (non-hydrogen) atoms. The minimum absolute atomic E-state index is 0.0405. The van der Waals surface area contributed by atoms with Crippen LogP contribution in [0.4, 0.5) is 17.1 Å². The zero-order valence-corrected chi connectivity index (χ0v) is 14.1. The van der Waals surface area contributed by atoms with Crippen LogP contribution >= 0.6 is 0 Å². The van der Waals surface area contributed by atoms with Crippen LogP contribution in [-0.4, -0.2) is 16.7 Å². The Bertz CT molecular complexity index is 1000. The average Bonchev–Trinajstić information content (AvgIpc) is 2.69. The van der Waals surface area contributed by atoms with Gasteiger partial charge in [-0.05, 0) is 36.4 Å². The predicted octanol–water partition coefficient (Wildman–Crippen LogP) is 4.10. The molecule has 0 radical (unpaired) electrons. The van der Waals surface area contributed by atoms with Crippen molar-refractivity contribution in [2.75, 3.05) is 10.6 Å². The first-order valence-corrected chi connectivity index (χ1v) is 8.06. The van der Waals surface area contributed by atoms with Crippen molar-refractivity contribution in [1.29, 1.82) is 0 Å². The van der Waals surface area contributed by atoms with Crippen molar-refractivity contribution in [2.45, 2.75) is 0 Å². The quantitative estimate of drug-likeness (QED) is 0.527. The Morgan fingerprint density at radius 2 is 1.33 bits per heavy atom. The summed E-state index contributed by atoms with van der Waals surface area (Å²) < 4.78 is 0. The van der Waals surface area contributed by atoms with Gasteiger partial charge in [-0.25, -0.2) is 0 Å². The van der Waals surface area contributed by atoms with Gasteiger partial charge in [-0.2, -0.15) is 0 Å². The molecule has 3 aromatic rings. The summed E-state index contributed by atoms with van der Waals surface area (Å²) in [5, 5.41) is 16.4. The number of rotatable bonds is 5. The molecule has 0 bridgehead atoms. The molecule has 134 valence electrons. The Morgan fingerprint density at radius 3 is 2.00 bits per heavy atom. The van der Waals surface area contributed by atoms with Crippen molar-refractivity contribution in [3.8, 4) is 0 Å². The van der Waals surface area contributed by atoms with Crippen molar-refractivity contribution in [3.05, 3.63) is 100 Å². The van der Waals surface area contributed by atoms with Gasteiger partial charge in [0.25, 0.3) is 17.5 Å². The maximum absolute atomic E-state index is 12.4. The Morgan fingerprint density at radius 1 is 0.741 bits per heavy atom. The highest BCUT2D eigenvalue weighted by Gasteiger charge is 2.19. The summed E-state index contributed by atoms with van der Waals surface area (Å²) in [6, 6.07) is 21.0. The lowest BCUT2D eigenvalue weighted by Crippen LogP contribution is -2.15. The van der Waals surface area contributed by atoms with Crippen LogP contribution < -0.4 is 10.6 Å². The van der Waals surface area contributed by atoms with Crippen molar-refractivity contribution >= 4 is 28.9 Å². The first-order valence-electron chi connectivity index (χ1n) is 8.06. The zero-order chi connectivity index (χ0) is 19.2. The number of nitro benzene ring substituents is 1. The number of anilines is 2. The highest BCUT2D eigenvalue weighted by atomic mass is 16.6. The van der Waals surface area contributed by atoms with Gasteiger partial charge in [0, 0.05) is 23.0 Å². The Kier molecular flexibility index (Phi) is 5.22. The summed E-state index contributed by atoms with van der Waals surface area (Å²) in [6.07, 6.45) is 0. The molecule has 2 N–H and O–H groups in total. The normalized spacial score (nSPS) is 10.1. The third kappa shape index (κ3) is 4.35. The number of benzene rings is 3. The van der Waals surface area contributed by atoms with E-state index < -0.39 is 10.8 Å². The van der Waals surface area contributed by atoms with Gasteiger partial charge in [0.2, 0.25) is 0 Å². The molecule has 0 saturated heterocycles. The number of nitrogens with one attached hydrogen (secondary N) is 2. The standard InChI is InChI=1S/C20H15N3O4/c24-19(14-7-2-1-3-8-14)21-15-9-6-10-16(13-15)22-20(25)17-11-4-5-12-18(17)23(26)27/h1-13H,(H,21,24)(H,22,25). The van der Waals surface area contributed by atoms with Crippen molar-refractivity contribution in [1.82, 2.24) is 0 Å². The zero-order valence-electron chi connectivity index (χ0n) is 14.1. The summed E-state index contributed by atoms with van der Waals surface area (Å²) in [7, 11) is 0. The molecular formula is C20H15N3O4. The largest absolute Gasteiger partial charge is 0.322 e. The fourth-order valence-electron chi connectivity index (χ4n) is 2.49. The van der Waals surface area contributed by atoms with Gasteiger partial charge in [-0.15, -0.1) is 0 Å². The van der Waals surface area contributed by atoms with E-state index in [4.69, 9.17) is 0 Å². The highest BCUT2D eigenvalue weighted by molar-refractivity contribution is 6.08. The topological polar surface area (TPSA) is 101 Å². The van der Waals surface area contributed by atoms with Crippen LogP contribution in [0.25, 0.3) is 0 Å². The number of hydrogen-bond acceptors (Lipinski definition) is 4. The summed E-state index contributed by atoms with van der Waals surface area (Å²) in [5.41, 5.74) is 1.09. The molecule has 0 atom stereocenters. The number of amides is 2. The third-order valence-electron chi connectivity index (χ3n) is 3.76. The molecule has 7 nitrogen and oxygen atoms in total. The molecule has 0 spiro atoms. The Hall–Kier alpha value is -4.00. The SMILES string of the molecule is O=C(Nc1cccc(NC(=O)c2ccccc2[N+](=O)[O-])c1)c1ccccc1. The summed E-state index contributed by atoms with van der Waals surface area (Å²) in [6.45, 7) is 0. The third-order valence-corrected chi connectivity index (χ3v) is 3.76. The minimum atomic E-state index is -0.606. The van der Waals surface area contributed by atoms with Crippen molar-refractivity contribution in [2.24, 2.45) is 0 Å². The number of nitrogens with zero attached hydrogens (tertiary/aromatic N) is 1. The fourth-order valence-corrected chi connectivity index (χ4v) is 2.49. The van der Waals surface area contributed by atoms with E-state index in [0.29, 0.717) is 16.9 Å². The first-order chi connectivity index (χ1) is 13.0. The van der Waals surface area contributed by atoms with Gasteiger partial charge < -0.3 is 10.6 Å². The smallest absolute Gasteiger partial charge is 0.282 e. The lowest BCUT2D eigenvalue weighted by molar-refractivity contribution is -0.385. The fraction of sp³-hybridized carbons (Fsp3) is 0. The summed E-state index contributed by atoms with van der Waals surface area (Å²) in [4.78, 5) is 35.1. The van der Waals surface area contributed by atoms with Crippen LogP contribution in [-0.2, 0) is 0 Å². The van der Waals surface area contributed by atoms with Crippen LogP contribution in [0.15, 0.2) is 78.9 Å². The molecule has 0 fully saturated rings. The molecule has 0 aliphatic carbocycles. The molecule has 0 aliphatic rings. The van der Waals surface area contributed by atoms with E-state index in [1.165, 1.54) is 18.2 Å². The van der Waals surface area contributed by atoms with Gasteiger partial charge in [0.15, 0.2) is 0 Å². The number of hydrogen-bond donors (Lipinski definition) is 2. The number of nitro groups is 1. The molecule has 0 aromatic heterocycles. The highest BCUT2D eigenvalue weighted by Crippen LogP contribution is 2.21. The predicted molar refractivity (Wildman–Crippen MR) is 102 cm³/mol. The summed E-state index contributed by atoms with van der Waals surface area (Å²) in [5.74, 6) is -0.883. The average molecular weight is 361 g/mol. The van der Waals surface area contributed by atoms with Crippen molar-refractivity contribution < 1.29 is 14.5 Å². The van der Waals surface area contributed by atoms with Crippen LogP contribution in [0.3, 0.4) is 0 Å². The maximum atomic E-state index is 12.4. The lowest BCUT2D eigenvalue weighted by atomic mass is 10.1. The molecule has 3 aromatic carbocycles. The van der Waals surface area contributed by atoms with Gasteiger partial charge in [-0.3, -0.25) is 19.7 Å². The van der Waals surface area contributed by atoms with Gasteiger partial charge >= 0.3 is 0 Å². The molecule has 0 aliphatic heterocycles. The lowest BCUT2D eigenvalue weighted by Gasteiger charge is -2.09. The van der Waals surface area contributed by atoms with E-state index in [-0.39, 0.29) is 17.2 Å². The van der Waals surface area contributed by atoms with E-state index in [0.717, 1.165) is 0 Å². The Balaban J connectivity index is 1.76. The molecule has 0 heterocycles. The van der Waals surface area contributed by atoms with Crippen molar-refractivity contribution in [3.63, 3.8) is 0 Å². The van der Waals surface area contributed by atoms with Crippen LogP contribution in [0.5, 0.6) is 0 Å². The number of carbonyl (C=O) groups is 2. The number of carbonyl (C=O) groups excluding carboxylic acids is 2. The van der Waals surface area contributed by atoms with E-state index >= 15 is 0 Å². The molecule has 2 amide bonds. The molecular weight excluding hydrogens is 346 g/mol.